The van der Waals surface area contributed by atoms with E-state index in [4.69, 9.17) is 0 Å². The lowest BCUT2D eigenvalue weighted by Crippen LogP contribution is -2.20. The van der Waals surface area contributed by atoms with Gasteiger partial charge in [0.2, 0.25) is 0 Å². The van der Waals surface area contributed by atoms with E-state index in [0.717, 1.165) is 0 Å². The molecule has 0 spiro atoms. The summed E-state index contributed by atoms with van der Waals surface area (Å²) in [7, 11) is 4.29. The second-order valence-corrected chi connectivity index (χ2v) is 5.42. The summed E-state index contributed by atoms with van der Waals surface area (Å²) in [5.41, 5.74) is 6.80. The molecule has 0 bridgehead atoms. The van der Waals surface area contributed by atoms with Gasteiger partial charge in [0.15, 0.2) is 0 Å². The maximum atomic E-state index is 3.69. The fraction of sp³-hybridized carbons (Fsp3) is 0.500. The first-order valence-corrected chi connectivity index (χ1v) is 6.82. The summed E-state index contributed by atoms with van der Waals surface area (Å²) in [4.78, 5) is 2.26. The highest BCUT2D eigenvalue weighted by molar-refractivity contribution is 5.60. The molecule has 0 atom stereocenters. The third kappa shape index (κ3) is 2.69. The smallest absolute Gasteiger partial charge is 0.0441 e. The molecule has 0 amide bonds. The van der Waals surface area contributed by atoms with Gasteiger partial charge in [0.05, 0.1) is 0 Å². The number of anilines is 1. The molecule has 0 unspecified atom stereocenters. The maximum absolute atomic E-state index is 3.69. The minimum absolute atomic E-state index is 1.17. The van der Waals surface area contributed by atoms with E-state index in [9.17, 15) is 0 Å². The number of nitrogens with zero attached hydrogens (tertiary/aromatic N) is 1. The predicted octanol–water partition coefficient (Wildman–Crippen LogP) is 4.06. The molecule has 1 aliphatic carbocycles. The zero-order valence-electron chi connectivity index (χ0n) is 12.0. The van der Waals surface area contributed by atoms with Crippen molar-refractivity contribution in [3.05, 3.63) is 40.7 Å². The van der Waals surface area contributed by atoms with E-state index < -0.39 is 0 Å². The number of allylic oxidation sites excluding steroid dienone is 2. The van der Waals surface area contributed by atoms with Crippen molar-refractivity contribution in [3.63, 3.8) is 0 Å². The highest BCUT2D eigenvalue weighted by atomic mass is 15.1. The number of aryl methyl sites for hydroxylation is 2. The Balaban J connectivity index is 2.32. The molecule has 0 fully saturated rings. The lowest BCUT2D eigenvalue weighted by molar-refractivity contribution is 0.450. The van der Waals surface area contributed by atoms with Gasteiger partial charge >= 0.3 is 0 Å². The third-order valence-electron chi connectivity index (χ3n) is 3.74. The van der Waals surface area contributed by atoms with Crippen LogP contribution in [0.1, 0.15) is 36.8 Å². The summed E-state index contributed by atoms with van der Waals surface area (Å²) >= 11 is 0. The molecule has 0 heterocycles. The van der Waals surface area contributed by atoms with Crippen molar-refractivity contribution in [2.75, 3.05) is 19.4 Å². The largest absolute Gasteiger partial charge is 0.380 e. The van der Waals surface area contributed by atoms with Crippen LogP contribution < -0.4 is 5.32 Å². The van der Waals surface area contributed by atoms with Gasteiger partial charge in [-0.05, 0) is 50.7 Å². The van der Waals surface area contributed by atoms with E-state index in [0.29, 0.717) is 0 Å². The fourth-order valence-electron chi connectivity index (χ4n) is 2.68. The monoisotopic (exact) mass is 244 g/mol. The van der Waals surface area contributed by atoms with E-state index in [-0.39, 0.29) is 0 Å². The Morgan fingerprint density at radius 1 is 1.00 bits per heavy atom. The molecule has 0 saturated heterocycles. The molecule has 2 heteroatoms. The zero-order chi connectivity index (χ0) is 13.1. The van der Waals surface area contributed by atoms with Gasteiger partial charge in [0.1, 0.15) is 0 Å². The van der Waals surface area contributed by atoms with Gasteiger partial charge in [-0.3, -0.25) is 0 Å². The lowest BCUT2D eigenvalue weighted by Gasteiger charge is -2.28. The molecule has 2 rings (SSSR count). The van der Waals surface area contributed by atoms with Crippen molar-refractivity contribution in [2.24, 2.45) is 0 Å². The summed E-state index contributed by atoms with van der Waals surface area (Å²) in [5.74, 6) is 0. The molecular formula is C16H24N2. The zero-order valence-corrected chi connectivity index (χ0v) is 12.0. The fourth-order valence-corrected chi connectivity index (χ4v) is 2.68. The minimum Gasteiger partial charge on any atom is -0.380 e. The summed E-state index contributed by atoms with van der Waals surface area (Å²) < 4.78 is 0. The van der Waals surface area contributed by atoms with Crippen LogP contribution in [-0.4, -0.2) is 19.0 Å². The van der Waals surface area contributed by atoms with Crippen LogP contribution in [0.15, 0.2) is 29.6 Å². The average molecular weight is 244 g/mol. The standard InChI is InChI=1S/C16H24N2/c1-12-8-7-9-13(2)16(12)17-14-10-5-6-11-15(14)18(3)4/h7-9,17H,5-6,10-11H2,1-4H3. The lowest BCUT2D eigenvalue weighted by atomic mass is 9.99. The second kappa shape index (κ2) is 5.47. The Bertz CT molecular complexity index is 438. The van der Waals surface area contributed by atoms with Crippen LogP contribution in [0.25, 0.3) is 0 Å². The van der Waals surface area contributed by atoms with Gasteiger partial charge in [-0.1, -0.05) is 18.2 Å². The minimum atomic E-state index is 1.17. The van der Waals surface area contributed by atoms with Crippen molar-refractivity contribution in [2.45, 2.75) is 39.5 Å². The molecule has 0 radical (unpaired) electrons. The topological polar surface area (TPSA) is 15.3 Å². The molecule has 1 aromatic carbocycles. The Hall–Kier alpha value is -1.44. The van der Waals surface area contributed by atoms with E-state index >= 15 is 0 Å². The Labute approximate surface area is 111 Å². The first kappa shape index (κ1) is 13.0. The van der Waals surface area contributed by atoms with Gasteiger partial charge < -0.3 is 10.2 Å². The Morgan fingerprint density at radius 3 is 2.22 bits per heavy atom. The Morgan fingerprint density at radius 2 is 1.61 bits per heavy atom. The summed E-state index contributed by atoms with van der Waals surface area (Å²) in [5, 5.41) is 3.69. The number of hydrogen-bond acceptors (Lipinski definition) is 2. The summed E-state index contributed by atoms with van der Waals surface area (Å²) in [6, 6.07) is 6.47. The van der Waals surface area contributed by atoms with Gasteiger partial charge in [-0.15, -0.1) is 0 Å². The SMILES string of the molecule is Cc1cccc(C)c1NC1=C(N(C)C)CCCC1. The van der Waals surface area contributed by atoms with Crippen molar-refractivity contribution >= 4 is 5.69 Å². The van der Waals surface area contributed by atoms with Crippen LogP contribution in [0.2, 0.25) is 0 Å². The van der Waals surface area contributed by atoms with Crippen molar-refractivity contribution in [1.29, 1.82) is 0 Å². The van der Waals surface area contributed by atoms with Crippen LogP contribution in [-0.2, 0) is 0 Å². The van der Waals surface area contributed by atoms with E-state index in [2.05, 4.69) is 56.4 Å². The quantitative estimate of drug-likeness (QED) is 0.862. The van der Waals surface area contributed by atoms with Gasteiger partial charge in [0, 0.05) is 31.2 Å². The van der Waals surface area contributed by atoms with Gasteiger partial charge in [0.25, 0.3) is 0 Å². The van der Waals surface area contributed by atoms with Crippen molar-refractivity contribution < 1.29 is 0 Å². The Kier molecular flexibility index (Phi) is 3.95. The molecule has 1 aliphatic rings. The molecule has 0 aliphatic heterocycles. The summed E-state index contributed by atoms with van der Waals surface area (Å²) in [6.07, 6.45) is 4.97. The number of para-hydroxylation sites is 1. The highest BCUT2D eigenvalue weighted by Gasteiger charge is 2.15. The van der Waals surface area contributed by atoms with Crippen LogP contribution >= 0.6 is 0 Å². The van der Waals surface area contributed by atoms with E-state index in [1.807, 2.05) is 0 Å². The first-order chi connectivity index (χ1) is 8.59. The molecule has 2 nitrogen and oxygen atoms in total. The molecule has 0 saturated carbocycles. The number of hydrogen-bond donors (Lipinski definition) is 1. The normalized spacial score (nSPS) is 15.8. The maximum Gasteiger partial charge on any atom is 0.0441 e. The third-order valence-corrected chi connectivity index (χ3v) is 3.74. The van der Waals surface area contributed by atoms with Gasteiger partial charge in [-0.2, -0.15) is 0 Å². The van der Waals surface area contributed by atoms with E-state index in [1.54, 1.807) is 0 Å². The first-order valence-electron chi connectivity index (χ1n) is 6.82. The van der Waals surface area contributed by atoms with Crippen molar-refractivity contribution in [3.8, 4) is 0 Å². The molecule has 98 valence electrons. The van der Waals surface area contributed by atoms with E-state index in [1.165, 1.54) is 53.9 Å². The molecular weight excluding hydrogens is 220 g/mol. The number of rotatable bonds is 3. The van der Waals surface area contributed by atoms with Crippen LogP contribution in [0, 0.1) is 13.8 Å². The van der Waals surface area contributed by atoms with Crippen LogP contribution in [0.5, 0.6) is 0 Å². The highest BCUT2D eigenvalue weighted by Crippen LogP contribution is 2.29. The number of nitrogens with one attached hydrogen (secondary N) is 1. The number of benzene rings is 1. The molecule has 1 N–H and O–H groups in total. The van der Waals surface area contributed by atoms with Crippen LogP contribution in [0.4, 0.5) is 5.69 Å². The molecule has 0 aromatic heterocycles. The van der Waals surface area contributed by atoms with Gasteiger partial charge in [-0.25, -0.2) is 0 Å². The summed E-state index contributed by atoms with van der Waals surface area (Å²) in [6.45, 7) is 4.35. The molecule has 1 aromatic rings. The second-order valence-electron chi connectivity index (χ2n) is 5.42. The van der Waals surface area contributed by atoms with Crippen LogP contribution in [0.3, 0.4) is 0 Å². The molecule has 18 heavy (non-hydrogen) atoms. The average Bonchev–Trinajstić information content (AvgIpc) is 2.34. The van der Waals surface area contributed by atoms with Crippen molar-refractivity contribution in [1.82, 2.24) is 4.90 Å². The predicted molar refractivity (Wildman–Crippen MR) is 78.7 cm³/mol.